The molecule has 12 aromatic carbocycles. The monoisotopic (exact) mass is 1510 g/mol. The van der Waals surface area contributed by atoms with Crippen LogP contribution in [0.5, 0.6) is 0 Å². The molecular formula is C110H134N4. The largest absolute Gasteiger partial charge is 0.310 e. The quantitative estimate of drug-likeness (QED) is 0.136. The van der Waals surface area contributed by atoms with E-state index in [9.17, 15) is 0 Å². The van der Waals surface area contributed by atoms with E-state index in [2.05, 4.69) is 471 Å². The molecule has 0 unspecified atom stereocenters. The molecule has 0 aliphatic heterocycles. The fourth-order valence-corrected chi connectivity index (χ4v) is 14.9. The molecule has 13 rings (SSSR count). The zero-order valence-electron chi connectivity index (χ0n) is 75.7. The van der Waals surface area contributed by atoms with Gasteiger partial charge in [-0.1, -0.05) is 233 Å². The average Bonchev–Trinajstić information content (AvgIpc) is 1.49. The molecule has 594 valence electrons. The minimum atomic E-state index is 0.0462. The fraction of sp³-hybridized carbons (Fsp3) is 0.345. The molecule has 114 heavy (non-hydrogen) atoms. The Labute approximate surface area is 689 Å². The highest BCUT2D eigenvalue weighted by Crippen LogP contribution is 2.46. The number of hydrogen-bond donors (Lipinski definition) is 0. The lowest BCUT2D eigenvalue weighted by Crippen LogP contribution is -2.21. The average molecular weight is 1510 g/mol. The van der Waals surface area contributed by atoms with Gasteiger partial charge in [-0.05, 0) is 363 Å². The highest BCUT2D eigenvalue weighted by Gasteiger charge is 2.29. The minimum absolute atomic E-state index is 0.0462. The summed E-state index contributed by atoms with van der Waals surface area (Å²) in [7, 11) is 0. The van der Waals surface area contributed by atoms with E-state index >= 15 is 0 Å². The first-order valence-electron chi connectivity index (χ1n) is 41.5. The van der Waals surface area contributed by atoms with E-state index in [1.807, 2.05) is 0 Å². The standard InChI is InChI=1S/C37H53N.C29H37N.C23H25N.C21H19N/c1-24-16-31(17-25(2)26(24)3)38(32-20-27(34(4,5)6)18-28(21-32)35(7,8)9)33-22-29(36(10,11)12)19-30(23-33)37(13,14)15;1-20-18-27(19-21(2)22(20)3)30(25-14-10-23(11-15-25)28(4,5)6)26-16-12-24(13-17-26)29(7,8)9;1-16-6-10-21(11-7-16)24(22-12-8-17(2)9-13-22)23-14-18(3)20(5)19(4)15-23;1-14-12-17(13-15(2)16(14)3)22-20-10-6-4-8-18(20)19-9-5-7-11-21(19)22/h16-23H,1-15H3;10-19H,1-9H3;6-15H,1-5H3;4-13H,1-3H3. The summed E-state index contributed by atoms with van der Waals surface area (Å²) >= 11 is 0. The number of anilines is 9. The molecule has 1 aromatic heterocycles. The zero-order chi connectivity index (χ0) is 83.8. The van der Waals surface area contributed by atoms with Gasteiger partial charge in [0.1, 0.15) is 0 Å². The van der Waals surface area contributed by atoms with Gasteiger partial charge in [0.2, 0.25) is 0 Å². The van der Waals surface area contributed by atoms with E-state index in [4.69, 9.17) is 0 Å². The molecule has 0 bridgehead atoms. The molecule has 13 aromatic rings. The van der Waals surface area contributed by atoms with Crippen LogP contribution in [0, 0.1) is 96.9 Å². The van der Waals surface area contributed by atoms with Crippen LogP contribution in [0.4, 0.5) is 51.2 Å². The number of para-hydroxylation sites is 2. The Kier molecular flexibility index (Phi) is 25.5. The van der Waals surface area contributed by atoms with Gasteiger partial charge in [-0.15, -0.1) is 0 Å². The van der Waals surface area contributed by atoms with Gasteiger partial charge in [0.05, 0.1) is 11.0 Å². The predicted octanol–water partition coefficient (Wildman–Crippen LogP) is 32.4. The second-order valence-electron chi connectivity index (χ2n) is 39.0. The van der Waals surface area contributed by atoms with E-state index in [1.54, 1.807) is 0 Å². The summed E-state index contributed by atoms with van der Waals surface area (Å²) in [5.41, 5.74) is 42.0. The summed E-state index contributed by atoms with van der Waals surface area (Å²) in [4.78, 5) is 7.21. The van der Waals surface area contributed by atoms with Crippen molar-refractivity contribution in [2.45, 2.75) is 254 Å². The Morgan fingerprint density at radius 1 is 0.193 bits per heavy atom. The lowest BCUT2D eigenvalue weighted by Gasteiger charge is -2.34. The maximum absolute atomic E-state index is 2.51. The van der Waals surface area contributed by atoms with Crippen molar-refractivity contribution in [3.63, 3.8) is 0 Å². The third-order valence-corrected chi connectivity index (χ3v) is 23.6. The molecule has 0 saturated carbocycles. The lowest BCUT2D eigenvalue weighted by molar-refractivity contribution is 0.568. The van der Waals surface area contributed by atoms with Crippen LogP contribution >= 0.6 is 0 Å². The Morgan fingerprint density at radius 3 is 0.632 bits per heavy atom. The van der Waals surface area contributed by atoms with E-state index in [1.165, 1.54) is 190 Å². The summed E-state index contributed by atoms with van der Waals surface area (Å²) in [6, 6.07) is 85.8. The maximum Gasteiger partial charge on any atom is 0.0541 e. The van der Waals surface area contributed by atoms with E-state index in [0.29, 0.717) is 0 Å². The summed E-state index contributed by atoms with van der Waals surface area (Å²) in [5, 5.41) is 2.63. The van der Waals surface area contributed by atoms with Crippen molar-refractivity contribution in [3.05, 3.63) is 342 Å². The Bertz CT molecular complexity index is 5170. The van der Waals surface area contributed by atoms with Gasteiger partial charge in [-0.2, -0.15) is 0 Å². The lowest BCUT2D eigenvalue weighted by atomic mass is 9.79. The number of fused-ring (bicyclic) bond motifs is 3. The molecule has 4 heteroatoms. The Balaban J connectivity index is 0.000000164. The van der Waals surface area contributed by atoms with Crippen LogP contribution in [0.3, 0.4) is 0 Å². The Hall–Kier alpha value is -10.2. The van der Waals surface area contributed by atoms with Gasteiger partial charge in [0, 0.05) is 67.6 Å². The molecule has 0 atom stereocenters. The minimum Gasteiger partial charge on any atom is -0.310 e. The summed E-state index contributed by atoms with van der Waals surface area (Å²) in [6.45, 7) is 72.1. The van der Waals surface area contributed by atoms with Gasteiger partial charge >= 0.3 is 0 Å². The van der Waals surface area contributed by atoms with Gasteiger partial charge < -0.3 is 19.3 Å². The molecular weight excluding hydrogens is 1380 g/mol. The molecule has 0 aliphatic carbocycles. The number of benzene rings is 12. The van der Waals surface area contributed by atoms with E-state index in [0.717, 1.165) is 0 Å². The molecule has 0 spiro atoms. The van der Waals surface area contributed by atoms with Crippen molar-refractivity contribution < 1.29 is 0 Å². The molecule has 4 nitrogen and oxygen atoms in total. The van der Waals surface area contributed by atoms with Gasteiger partial charge in [-0.3, -0.25) is 0 Å². The van der Waals surface area contributed by atoms with Crippen LogP contribution in [-0.2, 0) is 32.5 Å². The topological polar surface area (TPSA) is 14.7 Å². The second-order valence-corrected chi connectivity index (χ2v) is 39.0. The van der Waals surface area contributed by atoms with Crippen LogP contribution in [0.1, 0.15) is 236 Å². The van der Waals surface area contributed by atoms with Gasteiger partial charge in [-0.25, -0.2) is 0 Å². The summed E-state index contributed by atoms with van der Waals surface area (Å²) in [5.74, 6) is 0. The maximum atomic E-state index is 2.51. The van der Waals surface area contributed by atoms with Crippen molar-refractivity contribution in [3.8, 4) is 5.69 Å². The van der Waals surface area contributed by atoms with Crippen molar-refractivity contribution in [2.24, 2.45) is 0 Å². The second kappa shape index (κ2) is 33.7. The predicted molar refractivity (Wildman–Crippen MR) is 503 cm³/mol. The van der Waals surface area contributed by atoms with Crippen LogP contribution in [0.2, 0.25) is 0 Å². The third-order valence-electron chi connectivity index (χ3n) is 23.6. The normalized spacial score (nSPS) is 12.0. The van der Waals surface area contributed by atoms with Crippen molar-refractivity contribution in [2.75, 3.05) is 14.7 Å². The first-order valence-corrected chi connectivity index (χ1v) is 41.5. The SMILES string of the molecule is Cc1cc(-n2c3ccccc3c3ccccc32)cc(C)c1C.Cc1cc(N(c2cc(C(C)(C)C)cc(C(C)(C)C)c2)c2cc(C(C)(C)C)cc(C(C)(C)C)c2)cc(C)c1C.Cc1cc(N(c2ccc(C(C)(C)C)cc2)c2ccc(C(C)(C)C)cc2)cc(C)c1C.Cc1ccc(N(c2ccc(C)cc2)c2cc(C)c(C)c(C)c2)cc1. The van der Waals surface area contributed by atoms with Crippen LogP contribution in [0.15, 0.2) is 231 Å². The van der Waals surface area contributed by atoms with Crippen LogP contribution in [-0.4, -0.2) is 4.57 Å². The first-order chi connectivity index (χ1) is 53.1. The van der Waals surface area contributed by atoms with Crippen molar-refractivity contribution >= 4 is 73.0 Å². The highest BCUT2D eigenvalue weighted by molar-refractivity contribution is 6.09. The molecule has 0 N–H and O–H groups in total. The molecule has 0 saturated heterocycles. The smallest absolute Gasteiger partial charge is 0.0541 e. The number of hydrogen-bond acceptors (Lipinski definition) is 3. The van der Waals surface area contributed by atoms with Crippen LogP contribution in [0.25, 0.3) is 27.5 Å². The van der Waals surface area contributed by atoms with Gasteiger partial charge in [0.25, 0.3) is 0 Å². The van der Waals surface area contributed by atoms with Gasteiger partial charge in [0.15, 0.2) is 0 Å². The van der Waals surface area contributed by atoms with Crippen molar-refractivity contribution in [1.29, 1.82) is 0 Å². The Morgan fingerprint density at radius 2 is 0.395 bits per heavy atom. The molecule has 0 radical (unpaired) electrons. The number of rotatable bonds is 10. The summed E-state index contributed by atoms with van der Waals surface area (Å²) < 4.78 is 2.38. The first kappa shape index (κ1) is 86.3. The highest BCUT2D eigenvalue weighted by atomic mass is 15.2. The fourth-order valence-electron chi connectivity index (χ4n) is 14.9. The number of aromatic nitrogens is 1. The zero-order valence-corrected chi connectivity index (χ0v) is 75.7. The van der Waals surface area contributed by atoms with E-state index < -0.39 is 0 Å². The molecule has 0 aliphatic rings. The van der Waals surface area contributed by atoms with E-state index in [-0.39, 0.29) is 32.5 Å². The number of nitrogens with zero attached hydrogens (tertiary/aromatic N) is 4. The third kappa shape index (κ3) is 19.9. The molecule has 0 fully saturated rings. The van der Waals surface area contributed by atoms with Crippen LogP contribution < -0.4 is 14.7 Å². The molecule has 0 amide bonds. The molecule has 1 heterocycles. The van der Waals surface area contributed by atoms with Crippen molar-refractivity contribution in [1.82, 2.24) is 4.57 Å². The number of aryl methyl sites for hydroxylation is 10. The summed E-state index contributed by atoms with van der Waals surface area (Å²) in [6.07, 6.45) is 0.